The average molecular weight is 428 g/mol. The molecule has 0 aromatic carbocycles. The van der Waals surface area contributed by atoms with E-state index >= 15 is 0 Å². The van der Waals surface area contributed by atoms with Crippen molar-refractivity contribution in [2.45, 2.75) is 53.1 Å². The number of hydrogen-bond donors (Lipinski definition) is 4. The van der Waals surface area contributed by atoms with E-state index in [0.29, 0.717) is 24.8 Å². The Morgan fingerprint density at radius 1 is 1.34 bits per heavy atom. The number of aromatic nitrogens is 2. The molecule has 0 unspecified atom stereocenters. The lowest BCUT2D eigenvalue weighted by Gasteiger charge is -2.18. The highest BCUT2D eigenvalue weighted by Gasteiger charge is 2.19. The van der Waals surface area contributed by atoms with Crippen LogP contribution in [0.15, 0.2) is 26.3 Å². The molecule has 0 fully saturated rings. The van der Waals surface area contributed by atoms with E-state index in [1.54, 1.807) is 0 Å². The number of halogens is 1. The number of H-pyrrole nitrogens is 1. The fourth-order valence-electron chi connectivity index (χ4n) is 2.67. The molecule has 0 aliphatic heterocycles. The number of carbonyl (C=O) groups is 1. The summed E-state index contributed by atoms with van der Waals surface area (Å²) in [6.45, 7) is 7.23. The number of carbonyl (C=O) groups excluding carboxylic acids is 1. The lowest BCUT2D eigenvalue weighted by atomic mass is 10.1. The highest BCUT2D eigenvalue weighted by atomic mass is 35.5. The molecule has 0 spiro atoms. The van der Waals surface area contributed by atoms with E-state index in [9.17, 15) is 14.4 Å². The maximum atomic E-state index is 12.7. The van der Waals surface area contributed by atoms with Crippen LogP contribution in [0.25, 0.3) is 0 Å². The second kappa shape index (κ2) is 11.5. The third-order valence-electron chi connectivity index (χ3n) is 4.31. The van der Waals surface area contributed by atoms with Crippen molar-refractivity contribution >= 4 is 29.8 Å². The Morgan fingerprint density at radius 2 is 2.07 bits per heavy atom. The third kappa shape index (κ3) is 6.50. The van der Waals surface area contributed by atoms with Crippen molar-refractivity contribution in [3.8, 4) is 0 Å². The van der Waals surface area contributed by atoms with Crippen LogP contribution in [-0.2, 0) is 13.1 Å². The van der Waals surface area contributed by atoms with Gasteiger partial charge in [-0.3, -0.25) is 19.1 Å². The Bertz CT molecular complexity index is 916. The number of rotatable bonds is 10. The molecule has 9 nitrogen and oxygen atoms in total. The molecule has 0 saturated heterocycles. The molecule has 0 aliphatic rings. The van der Waals surface area contributed by atoms with Crippen LogP contribution in [0.1, 0.15) is 56.2 Å². The van der Waals surface area contributed by atoms with Crippen LogP contribution in [-0.4, -0.2) is 22.0 Å². The molecule has 2 heterocycles. The molecule has 1 amide bonds. The predicted molar refractivity (Wildman–Crippen MR) is 116 cm³/mol. The molecule has 2 aromatic heterocycles. The quantitative estimate of drug-likeness (QED) is 0.460. The fraction of sp³-hybridized carbons (Fsp3) is 0.526. The number of hydrogen-bond acceptors (Lipinski definition) is 6. The number of nitrogens with one attached hydrogen (secondary N) is 3. The smallest absolute Gasteiger partial charge is 0.330 e. The van der Waals surface area contributed by atoms with E-state index in [1.807, 2.05) is 6.92 Å². The van der Waals surface area contributed by atoms with Crippen LogP contribution in [0, 0.1) is 5.92 Å². The van der Waals surface area contributed by atoms with Crippen molar-refractivity contribution in [3.63, 3.8) is 0 Å². The van der Waals surface area contributed by atoms with Gasteiger partial charge in [-0.15, -0.1) is 12.4 Å². The highest BCUT2D eigenvalue weighted by molar-refractivity contribution is 6.05. The Morgan fingerprint density at radius 3 is 2.66 bits per heavy atom. The Kier molecular flexibility index (Phi) is 9.70. The summed E-state index contributed by atoms with van der Waals surface area (Å²) in [7, 11) is 0. The van der Waals surface area contributed by atoms with Crippen molar-refractivity contribution in [2.24, 2.45) is 11.7 Å². The zero-order chi connectivity index (χ0) is 20.7. The first-order chi connectivity index (χ1) is 13.4. The van der Waals surface area contributed by atoms with Gasteiger partial charge in [0.2, 0.25) is 0 Å². The Labute approximate surface area is 175 Å². The summed E-state index contributed by atoms with van der Waals surface area (Å²) < 4.78 is 6.58. The van der Waals surface area contributed by atoms with Gasteiger partial charge in [-0.1, -0.05) is 27.2 Å². The molecule has 0 saturated carbocycles. The van der Waals surface area contributed by atoms with Gasteiger partial charge in [0.1, 0.15) is 23.5 Å². The van der Waals surface area contributed by atoms with Gasteiger partial charge in [0.25, 0.3) is 11.5 Å². The molecule has 29 heavy (non-hydrogen) atoms. The van der Waals surface area contributed by atoms with Gasteiger partial charge in [0.05, 0.1) is 12.1 Å². The average Bonchev–Trinajstić information content (AvgIpc) is 3.13. The van der Waals surface area contributed by atoms with Crippen molar-refractivity contribution in [1.29, 1.82) is 0 Å². The summed E-state index contributed by atoms with van der Waals surface area (Å²) in [4.78, 5) is 39.8. The molecule has 0 atom stereocenters. The zero-order valence-corrected chi connectivity index (χ0v) is 17.9. The van der Waals surface area contributed by atoms with Crippen LogP contribution < -0.4 is 27.6 Å². The van der Waals surface area contributed by atoms with Crippen molar-refractivity contribution in [3.05, 3.63) is 44.5 Å². The number of unbranched alkanes of at least 4 members (excludes halogenated alkanes) is 1. The minimum Gasteiger partial charge on any atom is -0.467 e. The van der Waals surface area contributed by atoms with Crippen LogP contribution in [0.5, 0.6) is 0 Å². The maximum absolute atomic E-state index is 12.7. The number of nitrogens with two attached hydrogens (primary N) is 1. The zero-order valence-electron chi connectivity index (χ0n) is 17.0. The molecular formula is C19H30ClN5O4. The molecule has 162 valence electrons. The van der Waals surface area contributed by atoms with Crippen molar-refractivity contribution < 1.29 is 9.21 Å². The largest absolute Gasteiger partial charge is 0.467 e. The van der Waals surface area contributed by atoms with Crippen LogP contribution in [0.4, 0.5) is 11.5 Å². The second-order valence-electron chi connectivity index (χ2n) is 7.06. The minimum absolute atomic E-state index is 0. The molecule has 0 aliphatic carbocycles. The van der Waals surface area contributed by atoms with Crippen LogP contribution >= 0.6 is 12.4 Å². The molecule has 10 heteroatoms. The Balaban J connectivity index is 0.00000420. The number of furan rings is 1. The molecular weight excluding hydrogens is 398 g/mol. The molecule has 0 radical (unpaired) electrons. The first kappa shape index (κ1) is 24.5. The third-order valence-corrected chi connectivity index (χ3v) is 4.31. The van der Waals surface area contributed by atoms with Gasteiger partial charge in [-0.2, -0.15) is 0 Å². The topological polar surface area (TPSA) is 135 Å². The minimum atomic E-state index is -0.563. The Hall–Kier alpha value is -2.52. The summed E-state index contributed by atoms with van der Waals surface area (Å²) in [5, 5.41) is 5.77. The number of anilines is 2. The molecule has 2 aromatic rings. The second-order valence-corrected chi connectivity index (χ2v) is 7.06. The maximum Gasteiger partial charge on any atom is 0.330 e. The van der Waals surface area contributed by atoms with Gasteiger partial charge in [0, 0.05) is 13.1 Å². The van der Waals surface area contributed by atoms with E-state index in [0.717, 1.165) is 19.3 Å². The lowest BCUT2D eigenvalue weighted by molar-refractivity contribution is 0.102. The van der Waals surface area contributed by atoms with E-state index in [2.05, 4.69) is 29.5 Å². The van der Waals surface area contributed by atoms with Crippen LogP contribution in [0.3, 0.4) is 0 Å². The first-order valence-corrected chi connectivity index (χ1v) is 9.57. The summed E-state index contributed by atoms with van der Waals surface area (Å²) in [5.74, 6) is 0.586. The van der Waals surface area contributed by atoms with Crippen molar-refractivity contribution in [1.82, 2.24) is 9.55 Å². The van der Waals surface area contributed by atoms with E-state index in [1.165, 1.54) is 16.9 Å². The lowest BCUT2D eigenvalue weighted by Crippen LogP contribution is -2.35. The van der Waals surface area contributed by atoms with Gasteiger partial charge < -0.3 is 20.8 Å². The van der Waals surface area contributed by atoms with Gasteiger partial charge in [-0.25, -0.2) is 4.79 Å². The standard InChI is InChI=1S/C19H29N5O4.ClH/c1-4-5-8-24-16(22-17(25)13-9-14(10-20)28-11-13)15(18(26)23-19(24)27)21-7-6-12(2)3;/h9,11-12,21H,4-8,10,20H2,1-3H3,(H,22,25)(H,23,26,27);1H. The van der Waals surface area contributed by atoms with E-state index in [4.69, 9.17) is 10.2 Å². The summed E-state index contributed by atoms with van der Waals surface area (Å²) in [6.07, 6.45) is 3.72. The highest BCUT2D eigenvalue weighted by Crippen LogP contribution is 2.18. The molecule has 0 bridgehead atoms. The normalized spacial score (nSPS) is 10.7. The van der Waals surface area contributed by atoms with E-state index in [-0.39, 0.29) is 36.0 Å². The van der Waals surface area contributed by atoms with E-state index < -0.39 is 17.2 Å². The number of aromatic amines is 1. The molecule has 5 N–H and O–H groups in total. The van der Waals surface area contributed by atoms with Gasteiger partial charge in [-0.05, 0) is 24.8 Å². The predicted octanol–water partition coefficient (Wildman–Crippen LogP) is 2.52. The van der Waals surface area contributed by atoms with Gasteiger partial charge in [0.15, 0.2) is 0 Å². The number of amides is 1. The molecule has 2 rings (SSSR count). The van der Waals surface area contributed by atoms with Gasteiger partial charge >= 0.3 is 5.69 Å². The number of nitrogens with zero attached hydrogens (tertiary/aromatic N) is 1. The fourth-order valence-corrected chi connectivity index (χ4v) is 2.67. The first-order valence-electron chi connectivity index (χ1n) is 9.57. The van der Waals surface area contributed by atoms with Crippen LogP contribution in [0.2, 0.25) is 0 Å². The summed E-state index contributed by atoms with van der Waals surface area (Å²) >= 11 is 0. The van der Waals surface area contributed by atoms with Crippen molar-refractivity contribution in [2.75, 3.05) is 17.2 Å². The summed E-state index contributed by atoms with van der Waals surface area (Å²) in [5.41, 5.74) is 4.83. The SMILES string of the molecule is CCCCn1c(NC(=O)c2coc(CN)c2)c(NCCC(C)C)c(=O)[nH]c1=O.Cl. The monoisotopic (exact) mass is 427 g/mol. The summed E-state index contributed by atoms with van der Waals surface area (Å²) in [6, 6.07) is 1.53.